The number of nitrogens with one attached hydrogen (secondary N) is 1. The third-order valence-electron chi connectivity index (χ3n) is 7.53. The number of aryl methyl sites for hydroxylation is 1. The number of hydrogen-bond donors (Lipinski definition) is 3. The van der Waals surface area contributed by atoms with E-state index in [0.717, 1.165) is 89.3 Å². The maximum Gasteiger partial charge on any atom is 0.327 e. The Hall–Kier alpha value is -3.48. The lowest BCUT2D eigenvalue weighted by Crippen LogP contribution is -2.41. The number of nitrogen functional groups attached to an aromatic ring is 1. The standard InChI is InChI=1S/C29H43N7O5/c1-3-4-16-41-28-32-25(30)24-26(33-28)36(29(39)31-24)11-6-5-10-35(13-12-34-14-17-40-18-15-34)20-22-8-7-9-23(19-22)21(2)27(37)38/h7-9,19,21H,3-6,10-18,20H2,1-2H3,(H,31,39)(H,37,38)(H2,30,32,33). The Morgan fingerprint density at radius 3 is 2.76 bits per heavy atom. The number of carboxylic acids is 1. The molecule has 1 atom stereocenters. The Morgan fingerprint density at radius 2 is 2.00 bits per heavy atom. The minimum absolute atomic E-state index is 0.185. The minimum Gasteiger partial charge on any atom is -0.481 e. The fourth-order valence-electron chi connectivity index (χ4n) is 4.96. The van der Waals surface area contributed by atoms with Gasteiger partial charge in [-0.25, -0.2) is 4.79 Å². The molecule has 3 heterocycles. The fourth-order valence-corrected chi connectivity index (χ4v) is 4.96. The van der Waals surface area contributed by atoms with E-state index in [2.05, 4.69) is 37.7 Å². The smallest absolute Gasteiger partial charge is 0.327 e. The van der Waals surface area contributed by atoms with Gasteiger partial charge in [0.1, 0.15) is 5.52 Å². The highest BCUT2D eigenvalue weighted by Crippen LogP contribution is 2.20. The summed E-state index contributed by atoms with van der Waals surface area (Å²) in [6.07, 6.45) is 3.51. The molecule has 41 heavy (non-hydrogen) atoms. The molecule has 1 unspecified atom stereocenters. The zero-order chi connectivity index (χ0) is 29.2. The van der Waals surface area contributed by atoms with Crippen LogP contribution in [-0.2, 0) is 22.6 Å². The van der Waals surface area contributed by atoms with Gasteiger partial charge in [0, 0.05) is 39.3 Å². The molecular weight excluding hydrogens is 526 g/mol. The number of nitrogens with zero attached hydrogens (tertiary/aromatic N) is 5. The molecule has 0 aliphatic carbocycles. The molecule has 0 spiro atoms. The molecule has 0 amide bonds. The van der Waals surface area contributed by atoms with Crippen LogP contribution in [0.3, 0.4) is 0 Å². The van der Waals surface area contributed by atoms with Gasteiger partial charge < -0.3 is 25.3 Å². The van der Waals surface area contributed by atoms with Crippen LogP contribution in [0.4, 0.5) is 5.82 Å². The number of anilines is 1. The predicted molar refractivity (Wildman–Crippen MR) is 157 cm³/mol. The average molecular weight is 570 g/mol. The first-order chi connectivity index (χ1) is 19.9. The second-order valence-corrected chi connectivity index (χ2v) is 10.6. The molecule has 224 valence electrons. The van der Waals surface area contributed by atoms with Crippen LogP contribution in [0.25, 0.3) is 11.2 Å². The van der Waals surface area contributed by atoms with Crippen molar-refractivity contribution in [2.75, 3.05) is 58.3 Å². The van der Waals surface area contributed by atoms with E-state index in [1.807, 2.05) is 18.2 Å². The van der Waals surface area contributed by atoms with Gasteiger partial charge in [-0.05, 0) is 43.9 Å². The Bertz CT molecular complexity index is 1330. The van der Waals surface area contributed by atoms with E-state index in [1.54, 1.807) is 11.5 Å². The van der Waals surface area contributed by atoms with E-state index < -0.39 is 11.9 Å². The summed E-state index contributed by atoms with van der Waals surface area (Å²) < 4.78 is 12.7. The lowest BCUT2D eigenvalue weighted by atomic mass is 9.99. The second-order valence-electron chi connectivity index (χ2n) is 10.6. The van der Waals surface area contributed by atoms with Crippen molar-refractivity contribution in [3.8, 4) is 6.01 Å². The summed E-state index contributed by atoms with van der Waals surface area (Å²) in [6.45, 7) is 11.5. The zero-order valence-corrected chi connectivity index (χ0v) is 24.2. The highest BCUT2D eigenvalue weighted by atomic mass is 16.5. The molecule has 1 aromatic carbocycles. The van der Waals surface area contributed by atoms with Gasteiger partial charge in [-0.15, -0.1) is 0 Å². The lowest BCUT2D eigenvalue weighted by molar-refractivity contribution is -0.138. The number of aromatic amines is 1. The molecule has 0 bridgehead atoms. The first-order valence-electron chi connectivity index (χ1n) is 14.6. The van der Waals surface area contributed by atoms with Crippen LogP contribution in [-0.4, -0.2) is 92.9 Å². The highest BCUT2D eigenvalue weighted by Gasteiger charge is 2.17. The number of imidazole rings is 1. The van der Waals surface area contributed by atoms with Crippen LogP contribution in [0.5, 0.6) is 6.01 Å². The first kappa shape index (κ1) is 30.5. The SMILES string of the molecule is CCCCOc1nc(N)c2[nH]c(=O)n(CCCCN(CCN3CCOCC3)Cc3cccc(C(C)C(=O)O)c3)c2n1. The molecular formula is C29H43N7O5. The summed E-state index contributed by atoms with van der Waals surface area (Å²) in [5, 5.41) is 9.45. The van der Waals surface area contributed by atoms with Crippen LogP contribution in [0.2, 0.25) is 0 Å². The van der Waals surface area contributed by atoms with Gasteiger partial charge in [0.25, 0.3) is 0 Å². The summed E-state index contributed by atoms with van der Waals surface area (Å²) >= 11 is 0. The van der Waals surface area contributed by atoms with Gasteiger partial charge >= 0.3 is 17.7 Å². The number of aliphatic carboxylic acids is 1. The largest absolute Gasteiger partial charge is 0.481 e. The average Bonchev–Trinajstić information content (AvgIpc) is 3.29. The summed E-state index contributed by atoms with van der Waals surface area (Å²) in [4.78, 5) is 40.5. The molecule has 1 saturated heterocycles. The Morgan fingerprint density at radius 1 is 1.20 bits per heavy atom. The zero-order valence-electron chi connectivity index (χ0n) is 24.2. The second kappa shape index (κ2) is 14.9. The van der Waals surface area contributed by atoms with Crippen LogP contribution in [0.15, 0.2) is 29.1 Å². The Labute approximate surface area is 240 Å². The van der Waals surface area contributed by atoms with Crippen molar-refractivity contribution in [3.05, 3.63) is 45.9 Å². The predicted octanol–water partition coefficient (Wildman–Crippen LogP) is 2.68. The number of hydrogen-bond acceptors (Lipinski definition) is 9. The molecule has 2 aromatic heterocycles. The van der Waals surface area contributed by atoms with Crippen LogP contribution in [0.1, 0.15) is 56.6 Å². The van der Waals surface area contributed by atoms with Crippen molar-refractivity contribution in [1.29, 1.82) is 0 Å². The molecule has 1 aliphatic heterocycles. The fraction of sp³-hybridized carbons (Fsp3) is 0.586. The number of benzene rings is 1. The van der Waals surface area contributed by atoms with E-state index in [0.29, 0.717) is 24.3 Å². The first-order valence-corrected chi connectivity index (χ1v) is 14.6. The van der Waals surface area contributed by atoms with Gasteiger partial charge in [-0.3, -0.25) is 19.2 Å². The van der Waals surface area contributed by atoms with Gasteiger partial charge in [0.05, 0.1) is 25.7 Å². The van der Waals surface area contributed by atoms with Crippen molar-refractivity contribution in [2.45, 2.75) is 58.5 Å². The molecule has 0 radical (unpaired) electrons. The molecule has 1 fully saturated rings. The number of unbranched alkanes of at least 4 members (excludes halogenated alkanes) is 2. The topological polar surface area (TPSA) is 152 Å². The molecule has 4 rings (SSSR count). The van der Waals surface area contributed by atoms with Crippen molar-refractivity contribution >= 4 is 23.0 Å². The van der Waals surface area contributed by atoms with Crippen LogP contribution in [0, 0.1) is 0 Å². The highest BCUT2D eigenvalue weighted by molar-refractivity contribution is 5.81. The van der Waals surface area contributed by atoms with Crippen molar-refractivity contribution in [3.63, 3.8) is 0 Å². The van der Waals surface area contributed by atoms with E-state index in [1.165, 1.54) is 0 Å². The summed E-state index contributed by atoms with van der Waals surface area (Å²) in [7, 11) is 0. The summed E-state index contributed by atoms with van der Waals surface area (Å²) in [6, 6.07) is 8.04. The van der Waals surface area contributed by atoms with E-state index in [-0.39, 0.29) is 17.5 Å². The van der Waals surface area contributed by atoms with E-state index >= 15 is 0 Å². The number of nitrogens with two attached hydrogens (primary N) is 1. The number of aromatic nitrogens is 4. The van der Waals surface area contributed by atoms with Gasteiger partial charge in [-0.2, -0.15) is 9.97 Å². The summed E-state index contributed by atoms with van der Waals surface area (Å²) in [5.74, 6) is -1.18. The molecule has 12 nitrogen and oxygen atoms in total. The number of rotatable bonds is 16. The maximum atomic E-state index is 12.7. The molecule has 12 heteroatoms. The number of fused-ring (bicyclic) bond motifs is 1. The molecule has 4 N–H and O–H groups in total. The number of morpholine rings is 1. The quantitative estimate of drug-likeness (QED) is 0.220. The van der Waals surface area contributed by atoms with Crippen molar-refractivity contribution in [1.82, 2.24) is 29.3 Å². The molecule has 0 saturated carbocycles. The van der Waals surface area contributed by atoms with E-state index in [4.69, 9.17) is 15.2 Å². The molecule has 1 aliphatic rings. The van der Waals surface area contributed by atoms with Gasteiger partial charge in [0.2, 0.25) is 0 Å². The number of H-pyrrole nitrogens is 1. The third-order valence-corrected chi connectivity index (χ3v) is 7.53. The maximum absolute atomic E-state index is 12.7. The Kier molecular flexibility index (Phi) is 11.1. The van der Waals surface area contributed by atoms with Crippen molar-refractivity contribution < 1.29 is 19.4 Å². The monoisotopic (exact) mass is 569 g/mol. The van der Waals surface area contributed by atoms with Gasteiger partial charge in [0.15, 0.2) is 11.5 Å². The molecule has 3 aromatic rings. The van der Waals surface area contributed by atoms with Gasteiger partial charge in [-0.1, -0.05) is 37.6 Å². The summed E-state index contributed by atoms with van der Waals surface area (Å²) in [5.41, 5.74) is 8.61. The van der Waals surface area contributed by atoms with Crippen LogP contribution < -0.4 is 16.2 Å². The third kappa shape index (κ3) is 8.51. The number of carboxylic acid groups (broad SMARTS) is 1. The normalized spacial score (nSPS) is 15.0. The van der Waals surface area contributed by atoms with E-state index in [9.17, 15) is 14.7 Å². The minimum atomic E-state index is -0.828. The van der Waals surface area contributed by atoms with Crippen LogP contribution >= 0.6 is 0 Å². The number of carbonyl (C=O) groups is 1. The lowest BCUT2D eigenvalue weighted by Gasteiger charge is -2.30. The Balaban J connectivity index is 1.40. The van der Waals surface area contributed by atoms with Crippen molar-refractivity contribution in [2.24, 2.45) is 0 Å². The number of ether oxygens (including phenoxy) is 2.